The summed E-state index contributed by atoms with van der Waals surface area (Å²) in [5.41, 5.74) is 2.99. The van der Waals surface area contributed by atoms with E-state index in [4.69, 9.17) is 4.74 Å². The average molecular weight is 308 g/mol. The summed E-state index contributed by atoms with van der Waals surface area (Å²) in [6, 6.07) is 7.70. The molecule has 0 aromatic heterocycles. The predicted octanol–water partition coefficient (Wildman–Crippen LogP) is 3.35. The van der Waals surface area contributed by atoms with Crippen LogP contribution in [0.5, 0.6) is 0 Å². The second kappa shape index (κ2) is 4.32. The monoisotopic (exact) mass is 307 g/mol. The number of halogens is 1. The number of benzene rings is 1. The molecule has 96 valence electrons. The van der Waals surface area contributed by atoms with Crippen LogP contribution in [0.1, 0.15) is 42.9 Å². The lowest BCUT2D eigenvalue weighted by Crippen LogP contribution is -2.39. The molecule has 4 rings (SSSR count). The maximum absolute atomic E-state index is 5.94. The molecule has 1 N–H and O–H groups in total. The van der Waals surface area contributed by atoms with Crippen molar-refractivity contribution < 1.29 is 4.74 Å². The highest BCUT2D eigenvalue weighted by molar-refractivity contribution is 9.10. The molecule has 1 aromatic rings. The van der Waals surface area contributed by atoms with E-state index >= 15 is 0 Å². The highest BCUT2D eigenvalue weighted by atomic mass is 79.9. The van der Waals surface area contributed by atoms with E-state index in [1.807, 2.05) is 0 Å². The number of rotatable bonds is 2. The van der Waals surface area contributed by atoms with Crippen molar-refractivity contribution in [2.45, 2.75) is 56.4 Å². The molecular weight excluding hydrogens is 290 g/mol. The molecule has 4 atom stereocenters. The van der Waals surface area contributed by atoms with E-state index in [-0.39, 0.29) is 0 Å². The molecule has 4 unspecified atom stereocenters. The van der Waals surface area contributed by atoms with Crippen LogP contribution in [0, 0.1) is 0 Å². The van der Waals surface area contributed by atoms with Gasteiger partial charge in [0, 0.05) is 16.6 Å². The number of nitrogens with one attached hydrogen (secondary N) is 1. The minimum Gasteiger partial charge on any atom is -0.373 e. The molecule has 18 heavy (non-hydrogen) atoms. The molecule has 2 fully saturated rings. The maximum Gasteiger partial charge on any atom is 0.0733 e. The first-order chi connectivity index (χ1) is 8.81. The fourth-order valence-corrected chi connectivity index (χ4v) is 4.43. The molecule has 0 saturated carbocycles. The standard InChI is InChI=1S/C15H18BrNO/c16-12-3-1-2-11-10(12)5-6-13(11)17-14-8-9-4-7-15(14)18-9/h1-3,9,13-15,17H,4-8H2. The summed E-state index contributed by atoms with van der Waals surface area (Å²) in [6.45, 7) is 0. The summed E-state index contributed by atoms with van der Waals surface area (Å²) in [5.74, 6) is 0. The Hall–Kier alpha value is -0.380. The zero-order chi connectivity index (χ0) is 12.1. The Morgan fingerprint density at radius 3 is 2.94 bits per heavy atom. The Morgan fingerprint density at radius 1 is 1.22 bits per heavy atom. The van der Waals surface area contributed by atoms with Gasteiger partial charge in [0.15, 0.2) is 0 Å². The van der Waals surface area contributed by atoms with Crippen molar-refractivity contribution in [3.8, 4) is 0 Å². The minimum atomic E-state index is 0.478. The minimum absolute atomic E-state index is 0.478. The van der Waals surface area contributed by atoms with Crippen LogP contribution < -0.4 is 5.32 Å². The molecule has 2 aliphatic heterocycles. The number of ether oxygens (including phenoxy) is 1. The lowest BCUT2D eigenvalue weighted by Gasteiger charge is -2.25. The van der Waals surface area contributed by atoms with E-state index in [0.717, 1.165) is 0 Å². The molecule has 1 aromatic carbocycles. The van der Waals surface area contributed by atoms with Crippen LogP contribution in [0.15, 0.2) is 22.7 Å². The van der Waals surface area contributed by atoms with Crippen molar-refractivity contribution in [3.63, 3.8) is 0 Å². The van der Waals surface area contributed by atoms with Gasteiger partial charge in [-0.3, -0.25) is 0 Å². The lowest BCUT2D eigenvalue weighted by atomic mass is 9.94. The van der Waals surface area contributed by atoms with Gasteiger partial charge in [0.2, 0.25) is 0 Å². The predicted molar refractivity (Wildman–Crippen MR) is 74.6 cm³/mol. The Balaban J connectivity index is 1.53. The van der Waals surface area contributed by atoms with Gasteiger partial charge in [0.1, 0.15) is 0 Å². The van der Waals surface area contributed by atoms with Gasteiger partial charge >= 0.3 is 0 Å². The third kappa shape index (κ3) is 1.75. The second-order valence-electron chi connectivity index (χ2n) is 5.78. The zero-order valence-electron chi connectivity index (χ0n) is 10.4. The summed E-state index contributed by atoms with van der Waals surface area (Å²) in [7, 11) is 0. The first kappa shape index (κ1) is 11.4. The highest BCUT2D eigenvalue weighted by Gasteiger charge is 2.42. The number of fused-ring (bicyclic) bond motifs is 3. The fourth-order valence-electron chi connectivity index (χ4n) is 3.85. The van der Waals surface area contributed by atoms with Gasteiger partial charge in [-0.05, 0) is 49.3 Å². The van der Waals surface area contributed by atoms with E-state index in [1.165, 1.54) is 47.7 Å². The van der Waals surface area contributed by atoms with Crippen LogP contribution >= 0.6 is 15.9 Å². The van der Waals surface area contributed by atoms with Crippen LogP contribution in [0.3, 0.4) is 0 Å². The lowest BCUT2D eigenvalue weighted by molar-refractivity contribution is 0.0960. The zero-order valence-corrected chi connectivity index (χ0v) is 11.9. The van der Waals surface area contributed by atoms with Crippen LogP contribution in [-0.4, -0.2) is 18.2 Å². The van der Waals surface area contributed by atoms with Gasteiger partial charge in [0.25, 0.3) is 0 Å². The summed E-state index contributed by atoms with van der Waals surface area (Å²) >= 11 is 3.67. The van der Waals surface area contributed by atoms with Gasteiger partial charge in [-0.2, -0.15) is 0 Å². The Kier molecular flexibility index (Phi) is 2.75. The smallest absolute Gasteiger partial charge is 0.0733 e. The molecule has 0 amide bonds. The molecule has 2 bridgehead atoms. The third-order valence-electron chi connectivity index (χ3n) is 4.73. The van der Waals surface area contributed by atoms with Crippen LogP contribution in [-0.2, 0) is 11.2 Å². The van der Waals surface area contributed by atoms with E-state index < -0.39 is 0 Å². The molecule has 3 aliphatic rings. The fraction of sp³-hybridized carbons (Fsp3) is 0.600. The Labute approximate surface area is 116 Å². The average Bonchev–Trinajstić information content (AvgIpc) is 3.05. The molecule has 0 spiro atoms. The second-order valence-corrected chi connectivity index (χ2v) is 6.64. The van der Waals surface area contributed by atoms with Crippen molar-refractivity contribution in [1.82, 2.24) is 5.32 Å². The van der Waals surface area contributed by atoms with Gasteiger partial charge < -0.3 is 10.1 Å². The van der Waals surface area contributed by atoms with Crippen molar-refractivity contribution in [1.29, 1.82) is 0 Å². The van der Waals surface area contributed by atoms with Gasteiger partial charge in [-0.25, -0.2) is 0 Å². The molecule has 2 saturated heterocycles. The normalized spacial score (nSPS) is 37.2. The van der Waals surface area contributed by atoms with E-state index in [2.05, 4.69) is 39.4 Å². The molecule has 2 heterocycles. The summed E-state index contributed by atoms with van der Waals surface area (Å²) < 4.78 is 7.21. The van der Waals surface area contributed by atoms with Crippen molar-refractivity contribution in [2.24, 2.45) is 0 Å². The quantitative estimate of drug-likeness (QED) is 0.905. The largest absolute Gasteiger partial charge is 0.373 e. The van der Waals surface area contributed by atoms with Gasteiger partial charge in [0.05, 0.1) is 12.2 Å². The van der Waals surface area contributed by atoms with Gasteiger partial charge in [-0.15, -0.1) is 0 Å². The molecule has 0 radical (unpaired) electrons. The van der Waals surface area contributed by atoms with E-state index in [1.54, 1.807) is 0 Å². The molecular formula is C15H18BrNO. The topological polar surface area (TPSA) is 21.3 Å². The summed E-state index contributed by atoms with van der Waals surface area (Å²) in [4.78, 5) is 0. The Morgan fingerprint density at radius 2 is 2.17 bits per heavy atom. The first-order valence-corrected chi connectivity index (χ1v) is 7.79. The summed E-state index contributed by atoms with van der Waals surface area (Å²) in [6.07, 6.45) is 7.17. The van der Waals surface area contributed by atoms with Crippen molar-refractivity contribution >= 4 is 15.9 Å². The molecule has 2 nitrogen and oxygen atoms in total. The maximum atomic E-state index is 5.94. The van der Waals surface area contributed by atoms with Crippen LogP contribution in [0.4, 0.5) is 0 Å². The van der Waals surface area contributed by atoms with E-state index in [0.29, 0.717) is 24.3 Å². The van der Waals surface area contributed by atoms with Crippen LogP contribution in [0.25, 0.3) is 0 Å². The number of hydrogen-bond acceptors (Lipinski definition) is 2. The number of hydrogen-bond donors (Lipinski definition) is 1. The first-order valence-electron chi connectivity index (χ1n) is 7.00. The van der Waals surface area contributed by atoms with Crippen LogP contribution in [0.2, 0.25) is 0 Å². The third-order valence-corrected chi connectivity index (χ3v) is 5.48. The Bertz CT molecular complexity index is 476. The summed E-state index contributed by atoms with van der Waals surface area (Å²) in [5, 5.41) is 3.85. The highest BCUT2D eigenvalue weighted by Crippen LogP contribution is 2.39. The van der Waals surface area contributed by atoms with Gasteiger partial charge in [-0.1, -0.05) is 28.1 Å². The van der Waals surface area contributed by atoms with E-state index in [9.17, 15) is 0 Å². The molecule has 3 heteroatoms. The molecule has 1 aliphatic carbocycles. The van der Waals surface area contributed by atoms with Crippen molar-refractivity contribution in [2.75, 3.05) is 0 Å². The SMILES string of the molecule is Brc1cccc2c1CCC2NC1CC2CCC1O2. The van der Waals surface area contributed by atoms with Crippen molar-refractivity contribution in [3.05, 3.63) is 33.8 Å².